The van der Waals surface area contributed by atoms with E-state index in [1.54, 1.807) is 36.4 Å². The molecule has 3 aromatic heterocycles. The summed E-state index contributed by atoms with van der Waals surface area (Å²) >= 11 is 6.27. The van der Waals surface area contributed by atoms with Crippen molar-refractivity contribution in [3.63, 3.8) is 0 Å². The van der Waals surface area contributed by atoms with E-state index < -0.39 is 21.2 Å². The predicted molar refractivity (Wildman–Crippen MR) is 132 cm³/mol. The molecule has 0 spiro atoms. The Bertz CT molecular complexity index is 1750. The molecule has 0 amide bonds. The maximum Gasteiger partial charge on any atom is 0.255 e. The summed E-state index contributed by atoms with van der Waals surface area (Å²) in [4.78, 5) is 20.9. The van der Waals surface area contributed by atoms with Gasteiger partial charge in [0.15, 0.2) is 11.0 Å². The Hall–Kier alpha value is -4.22. The fraction of sp³-hybridized carbons (Fsp3) is 0.0833. The molecule has 2 aromatic carbocycles. The van der Waals surface area contributed by atoms with E-state index in [2.05, 4.69) is 15.1 Å². The fourth-order valence-electron chi connectivity index (χ4n) is 3.75. The van der Waals surface area contributed by atoms with E-state index in [-0.39, 0.29) is 45.9 Å². The first kappa shape index (κ1) is 23.5. The minimum absolute atomic E-state index is 0.0658. The Balaban J connectivity index is 1.55. The van der Waals surface area contributed by atoms with Crippen molar-refractivity contribution in [2.45, 2.75) is 6.42 Å². The number of pyridine rings is 1. The van der Waals surface area contributed by atoms with E-state index in [4.69, 9.17) is 16.0 Å². The van der Waals surface area contributed by atoms with Gasteiger partial charge in [-0.3, -0.25) is 9.78 Å². The molecule has 0 bridgehead atoms. The fourth-order valence-corrected chi connectivity index (χ4v) is 5.04. The van der Waals surface area contributed by atoms with Crippen LogP contribution in [-0.4, -0.2) is 43.5 Å². The highest BCUT2D eigenvalue weighted by atomic mass is 35.5. The number of rotatable bonds is 6. The molecule has 5 aromatic rings. The molecule has 0 saturated carbocycles. The van der Waals surface area contributed by atoms with Crippen LogP contribution in [0.1, 0.15) is 5.56 Å². The monoisotopic (exact) mass is 524 g/mol. The average molecular weight is 525 g/mol. The normalized spacial score (nSPS) is 11.7. The Morgan fingerprint density at radius 1 is 1.06 bits per heavy atom. The second-order valence-corrected chi connectivity index (χ2v) is 10.2. The molecule has 0 aliphatic heterocycles. The van der Waals surface area contributed by atoms with Crippen molar-refractivity contribution in [2.24, 2.45) is 0 Å². The van der Waals surface area contributed by atoms with Crippen LogP contribution in [0.15, 0.2) is 76.6 Å². The molecular formula is C24H17ClN4O6S. The van der Waals surface area contributed by atoms with Crippen molar-refractivity contribution < 1.29 is 23.0 Å². The first-order valence-corrected chi connectivity index (χ1v) is 12.5. The average Bonchev–Trinajstić information content (AvgIpc) is 3.39. The molecule has 0 atom stereocenters. The Kier molecular flexibility index (Phi) is 5.94. The van der Waals surface area contributed by atoms with Gasteiger partial charge >= 0.3 is 0 Å². The number of phenolic OH excluding ortho intramolecular Hbond substituents is 2. The number of phenols is 2. The predicted octanol–water partition coefficient (Wildman–Crippen LogP) is 3.60. The van der Waals surface area contributed by atoms with Crippen LogP contribution >= 0.6 is 11.6 Å². The minimum atomic E-state index is -3.67. The van der Waals surface area contributed by atoms with Crippen LogP contribution in [0, 0.1) is 0 Å². The van der Waals surface area contributed by atoms with Crippen molar-refractivity contribution >= 4 is 32.6 Å². The molecule has 182 valence electrons. The number of hydrogen-bond acceptors (Lipinski definition) is 9. The van der Waals surface area contributed by atoms with Gasteiger partial charge in [0.25, 0.3) is 10.0 Å². The smallest absolute Gasteiger partial charge is 0.255 e. The molecule has 12 heteroatoms. The number of nitrogens with zero attached hydrogens (tertiary/aromatic N) is 4. The SMILES string of the molecule is O=c1cc(-c2ccccc2Cl)oc2c(-c3ccc(CCS(=O)(=O)n4cncn4)cn3)c(O)cc(O)c12. The van der Waals surface area contributed by atoms with Crippen LogP contribution in [-0.2, 0) is 16.4 Å². The van der Waals surface area contributed by atoms with Crippen molar-refractivity contribution in [1.29, 1.82) is 0 Å². The van der Waals surface area contributed by atoms with E-state index in [0.29, 0.717) is 16.1 Å². The third-order valence-corrected chi connectivity index (χ3v) is 7.32. The second-order valence-electron chi connectivity index (χ2n) is 7.83. The van der Waals surface area contributed by atoms with Crippen LogP contribution < -0.4 is 5.43 Å². The highest BCUT2D eigenvalue weighted by molar-refractivity contribution is 7.89. The Morgan fingerprint density at radius 2 is 1.86 bits per heavy atom. The summed E-state index contributed by atoms with van der Waals surface area (Å²) in [6, 6.07) is 12.3. The zero-order chi connectivity index (χ0) is 25.4. The largest absolute Gasteiger partial charge is 0.507 e. The topological polar surface area (TPSA) is 148 Å². The van der Waals surface area contributed by atoms with Crippen LogP contribution in [0.2, 0.25) is 5.02 Å². The number of aromatic hydroxyl groups is 2. The highest BCUT2D eigenvalue weighted by Crippen LogP contribution is 2.41. The van der Waals surface area contributed by atoms with Gasteiger partial charge in [0.05, 0.1) is 22.0 Å². The van der Waals surface area contributed by atoms with Gasteiger partial charge in [0.2, 0.25) is 0 Å². The van der Waals surface area contributed by atoms with Gasteiger partial charge in [-0.15, -0.1) is 9.19 Å². The molecule has 0 unspecified atom stereocenters. The summed E-state index contributed by atoms with van der Waals surface area (Å²) in [6.07, 6.45) is 3.86. The zero-order valence-electron chi connectivity index (χ0n) is 18.4. The number of aryl methyl sites for hydroxylation is 1. The summed E-state index contributed by atoms with van der Waals surface area (Å²) in [5.41, 5.74) is 0.825. The lowest BCUT2D eigenvalue weighted by Crippen LogP contribution is -2.18. The number of hydrogen-bond donors (Lipinski definition) is 2. The lowest BCUT2D eigenvalue weighted by molar-refractivity contribution is 0.453. The van der Waals surface area contributed by atoms with Gasteiger partial charge in [-0.2, -0.15) is 0 Å². The van der Waals surface area contributed by atoms with Gasteiger partial charge in [-0.1, -0.05) is 29.8 Å². The first-order chi connectivity index (χ1) is 17.2. The molecule has 3 heterocycles. The molecule has 0 radical (unpaired) electrons. The van der Waals surface area contributed by atoms with E-state index in [9.17, 15) is 23.4 Å². The van der Waals surface area contributed by atoms with Gasteiger partial charge in [0.1, 0.15) is 35.3 Å². The standard InChI is InChI=1S/C24H17ClN4O6S/c25-16-4-2-1-3-15(16)21-10-20(32)23-19(31)9-18(30)22(24(23)35-21)17-6-5-14(11-27-17)7-8-36(33,34)29-13-26-12-28-29/h1-6,9-13,30-31H,7-8H2. The molecule has 5 rings (SSSR count). The Morgan fingerprint density at radius 3 is 2.56 bits per heavy atom. The van der Waals surface area contributed by atoms with Crippen molar-refractivity contribution in [3.8, 4) is 34.1 Å². The van der Waals surface area contributed by atoms with E-state index >= 15 is 0 Å². The number of halogens is 1. The second kappa shape index (κ2) is 9.10. The number of aromatic nitrogens is 4. The van der Waals surface area contributed by atoms with Crippen LogP contribution in [0.25, 0.3) is 33.6 Å². The van der Waals surface area contributed by atoms with Crippen molar-refractivity contribution in [1.82, 2.24) is 19.2 Å². The summed E-state index contributed by atoms with van der Waals surface area (Å²) in [5, 5.41) is 24.9. The molecule has 0 saturated heterocycles. The van der Waals surface area contributed by atoms with Crippen molar-refractivity contribution in [2.75, 3.05) is 5.75 Å². The molecule has 36 heavy (non-hydrogen) atoms. The zero-order valence-corrected chi connectivity index (χ0v) is 19.9. The van der Waals surface area contributed by atoms with Gasteiger partial charge in [-0.25, -0.2) is 13.4 Å². The summed E-state index contributed by atoms with van der Waals surface area (Å²) in [5.74, 6) is -0.866. The van der Waals surface area contributed by atoms with Gasteiger partial charge < -0.3 is 14.6 Å². The minimum Gasteiger partial charge on any atom is -0.507 e. The molecule has 0 aliphatic rings. The maximum atomic E-state index is 12.9. The molecule has 0 aliphatic carbocycles. The van der Waals surface area contributed by atoms with E-state index in [1.807, 2.05) is 0 Å². The molecule has 10 nitrogen and oxygen atoms in total. The molecule has 2 N–H and O–H groups in total. The molecule has 0 fully saturated rings. The van der Waals surface area contributed by atoms with Crippen LogP contribution in [0.5, 0.6) is 11.5 Å². The Labute approximate surface area is 209 Å². The first-order valence-electron chi connectivity index (χ1n) is 10.6. The van der Waals surface area contributed by atoms with E-state index in [0.717, 1.165) is 22.8 Å². The van der Waals surface area contributed by atoms with Gasteiger partial charge in [-0.05, 0) is 30.2 Å². The van der Waals surface area contributed by atoms with E-state index in [1.165, 1.54) is 12.3 Å². The number of benzene rings is 2. The third kappa shape index (κ3) is 4.30. The van der Waals surface area contributed by atoms with Crippen molar-refractivity contribution in [3.05, 3.63) is 88.2 Å². The summed E-state index contributed by atoms with van der Waals surface area (Å²) in [6.45, 7) is 0. The van der Waals surface area contributed by atoms with Gasteiger partial charge in [0, 0.05) is 23.9 Å². The molecular weight excluding hydrogens is 508 g/mol. The van der Waals surface area contributed by atoms with Crippen LogP contribution in [0.3, 0.4) is 0 Å². The lowest BCUT2D eigenvalue weighted by Gasteiger charge is -2.12. The quantitative estimate of drug-likeness (QED) is 0.339. The summed E-state index contributed by atoms with van der Waals surface area (Å²) < 4.78 is 31.4. The maximum absolute atomic E-state index is 12.9. The number of fused-ring (bicyclic) bond motifs is 1. The highest BCUT2D eigenvalue weighted by Gasteiger charge is 2.21. The summed E-state index contributed by atoms with van der Waals surface area (Å²) in [7, 11) is -3.67. The lowest BCUT2D eigenvalue weighted by atomic mass is 10.0. The van der Waals surface area contributed by atoms with Crippen LogP contribution in [0.4, 0.5) is 0 Å². The third-order valence-electron chi connectivity index (χ3n) is 5.51.